The Morgan fingerprint density at radius 3 is 2.64 bits per heavy atom. The third kappa shape index (κ3) is 5.92. The largest absolute Gasteiger partial charge is 0.358 e. The van der Waals surface area contributed by atoms with Gasteiger partial charge in [0, 0.05) is 7.05 Å². The molecule has 0 aliphatic carbocycles. The molecule has 0 saturated heterocycles. The van der Waals surface area contributed by atoms with E-state index in [1.165, 1.54) is 0 Å². The molecule has 0 fully saturated rings. The summed E-state index contributed by atoms with van der Waals surface area (Å²) < 4.78 is 5.48. The molecule has 0 saturated carbocycles. The lowest BCUT2D eigenvalue weighted by Crippen LogP contribution is -2.19. The number of nitrogens with zero attached hydrogens (tertiary/aromatic N) is 1. The average molecular weight is 157 g/mol. The number of hydrogen-bond donors (Lipinski definition) is 0. The number of hydrogen-bond acceptors (Lipinski definition) is 2. The molecular weight excluding hydrogens is 138 g/mol. The first-order valence-electron chi connectivity index (χ1n) is 4.15. The molecule has 0 amide bonds. The molecule has 0 heterocycles. The molecule has 11 heavy (non-hydrogen) atoms. The fourth-order valence-electron chi connectivity index (χ4n) is 0.660. The van der Waals surface area contributed by atoms with Gasteiger partial charge in [0.2, 0.25) is 0 Å². The monoisotopic (exact) mass is 157 g/mol. The number of ether oxygens (including phenoxy) is 1. The Bertz CT molecular complexity index is 112. The lowest BCUT2D eigenvalue weighted by Gasteiger charge is -2.17. The quantitative estimate of drug-likeness (QED) is 0.567. The Labute approximate surface area is 69.8 Å². The first kappa shape index (κ1) is 10.5. The average Bonchev–Trinajstić information content (AvgIpc) is 2.01. The van der Waals surface area contributed by atoms with E-state index in [2.05, 4.69) is 13.8 Å². The van der Waals surface area contributed by atoms with Gasteiger partial charge in [0.15, 0.2) is 0 Å². The molecule has 0 aromatic rings. The topological polar surface area (TPSA) is 12.5 Å². The third-order valence-corrected chi connectivity index (χ3v) is 1.54. The molecule has 2 heteroatoms. The van der Waals surface area contributed by atoms with Crippen molar-refractivity contribution in [2.24, 2.45) is 0 Å². The van der Waals surface area contributed by atoms with Crippen LogP contribution in [-0.4, -0.2) is 24.8 Å². The van der Waals surface area contributed by atoms with Crippen molar-refractivity contribution in [3.8, 4) is 0 Å². The van der Waals surface area contributed by atoms with Crippen molar-refractivity contribution >= 4 is 0 Å². The van der Waals surface area contributed by atoms with Crippen LogP contribution in [0.4, 0.5) is 0 Å². The SMILES string of the molecule is CC=CN(C)COC(C)CC. The lowest BCUT2D eigenvalue weighted by atomic mass is 10.3. The molecular formula is C9H19NO. The van der Waals surface area contributed by atoms with Gasteiger partial charge in [0.05, 0.1) is 6.10 Å². The van der Waals surface area contributed by atoms with Crippen LogP contribution < -0.4 is 0 Å². The zero-order chi connectivity index (χ0) is 8.69. The normalized spacial score (nSPS) is 13.8. The molecule has 0 aromatic carbocycles. The van der Waals surface area contributed by atoms with Crippen LogP contribution in [0.15, 0.2) is 12.3 Å². The Balaban J connectivity index is 3.37. The molecule has 0 N–H and O–H groups in total. The van der Waals surface area contributed by atoms with Crippen molar-refractivity contribution in [3.63, 3.8) is 0 Å². The molecule has 0 aliphatic rings. The first-order chi connectivity index (χ1) is 5.20. The van der Waals surface area contributed by atoms with E-state index in [1.807, 2.05) is 31.1 Å². The second-order valence-corrected chi connectivity index (χ2v) is 2.75. The van der Waals surface area contributed by atoms with Crippen LogP contribution in [-0.2, 0) is 4.74 Å². The smallest absolute Gasteiger partial charge is 0.118 e. The fourth-order valence-corrected chi connectivity index (χ4v) is 0.660. The number of allylic oxidation sites excluding steroid dienone is 1. The summed E-state index contributed by atoms with van der Waals surface area (Å²) >= 11 is 0. The van der Waals surface area contributed by atoms with E-state index in [4.69, 9.17) is 4.74 Å². The summed E-state index contributed by atoms with van der Waals surface area (Å²) in [4.78, 5) is 2.02. The summed E-state index contributed by atoms with van der Waals surface area (Å²) in [5.74, 6) is 0. The second-order valence-electron chi connectivity index (χ2n) is 2.75. The van der Waals surface area contributed by atoms with Crippen molar-refractivity contribution in [1.29, 1.82) is 0 Å². The Hall–Kier alpha value is -0.500. The minimum absolute atomic E-state index is 0.364. The summed E-state index contributed by atoms with van der Waals surface area (Å²) in [5.41, 5.74) is 0. The van der Waals surface area contributed by atoms with Gasteiger partial charge in [-0.05, 0) is 26.5 Å². The Kier molecular flexibility index (Phi) is 5.94. The minimum Gasteiger partial charge on any atom is -0.358 e. The lowest BCUT2D eigenvalue weighted by molar-refractivity contribution is 0.0117. The van der Waals surface area contributed by atoms with Crippen molar-refractivity contribution < 1.29 is 4.74 Å². The fraction of sp³-hybridized carbons (Fsp3) is 0.778. The van der Waals surface area contributed by atoms with E-state index in [-0.39, 0.29) is 0 Å². The van der Waals surface area contributed by atoms with Gasteiger partial charge in [0.1, 0.15) is 6.73 Å². The predicted molar refractivity (Wildman–Crippen MR) is 48.3 cm³/mol. The van der Waals surface area contributed by atoms with Crippen LogP contribution in [0.1, 0.15) is 27.2 Å². The zero-order valence-corrected chi connectivity index (χ0v) is 8.00. The van der Waals surface area contributed by atoms with Gasteiger partial charge in [-0.25, -0.2) is 0 Å². The van der Waals surface area contributed by atoms with Crippen LogP contribution in [0.5, 0.6) is 0 Å². The highest BCUT2D eigenvalue weighted by Gasteiger charge is 1.97. The maximum atomic E-state index is 5.48. The minimum atomic E-state index is 0.364. The highest BCUT2D eigenvalue weighted by atomic mass is 16.5. The maximum Gasteiger partial charge on any atom is 0.118 e. The molecule has 1 unspecified atom stereocenters. The molecule has 0 rings (SSSR count). The van der Waals surface area contributed by atoms with Gasteiger partial charge < -0.3 is 9.64 Å². The van der Waals surface area contributed by atoms with E-state index >= 15 is 0 Å². The van der Waals surface area contributed by atoms with E-state index in [0.717, 1.165) is 6.42 Å². The molecule has 0 aromatic heterocycles. The summed E-state index contributed by atoms with van der Waals surface area (Å²) in [7, 11) is 2.00. The summed E-state index contributed by atoms with van der Waals surface area (Å²) in [5, 5.41) is 0. The van der Waals surface area contributed by atoms with Crippen LogP contribution in [0.25, 0.3) is 0 Å². The van der Waals surface area contributed by atoms with E-state index in [0.29, 0.717) is 12.8 Å². The van der Waals surface area contributed by atoms with Gasteiger partial charge in [0.25, 0.3) is 0 Å². The van der Waals surface area contributed by atoms with E-state index in [1.54, 1.807) is 0 Å². The molecule has 0 spiro atoms. The van der Waals surface area contributed by atoms with E-state index in [9.17, 15) is 0 Å². The van der Waals surface area contributed by atoms with Gasteiger partial charge in [-0.15, -0.1) is 0 Å². The van der Waals surface area contributed by atoms with Gasteiger partial charge in [-0.3, -0.25) is 0 Å². The third-order valence-electron chi connectivity index (χ3n) is 1.54. The first-order valence-corrected chi connectivity index (χ1v) is 4.15. The van der Waals surface area contributed by atoms with Gasteiger partial charge in [-0.2, -0.15) is 0 Å². The number of rotatable bonds is 5. The second kappa shape index (κ2) is 6.23. The zero-order valence-electron chi connectivity index (χ0n) is 8.00. The molecule has 66 valence electrons. The molecule has 0 bridgehead atoms. The summed E-state index contributed by atoms with van der Waals surface area (Å²) in [6.07, 6.45) is 5.44. The molecule has 2 nitrogen and oxygen atoms in total. The highest BCUT2D eigenvalue weighted by Crippen LogP contribution is 1.96. The maximum absolute atomic E-state index is 5.48. The standard InChI is InChI=1S/C9H19NO/c1-5-7-10(4)8-11-9(3)6-2/h5,7,9H,6,8H2,1-4H3. The highest BCUT2D eigenvalue weighted by molar-refractivity contribution is 4.73. The van der Waals surface area contributed by atoms with Crippen LogP contribution in [0.3, 0.4) is 0 Å². The summed E-state index contributed by atoms with van der Waals surface area (Å²) in [6.45, 7) is 6.89. The van der Waals surface area contributed by atoms with Crippen LogP contribution in [0, 0.1) is 0 Å². The predicted octanol–water partition coefficient (Wildman–Crippen LogP) is 2.22. The Morgan fingerprint density at radius 1 is 1.55 bits per heavy atom. The molecule has 0 aliphatic heterocycles. The summed E-state index contributed by atoms with van der Waals surface area (Å²) in [6, 6.07) is 0. The van der Waals surface area contributed by atoms with Gasteiger partial charge >= 0.3 is 0 Å². The van der Waals surface area contributed by atoms with E-state index < -0.39 is 0 Å². The van der Waals surface area contributed by atoms with Crippen molar-refractivity contribution in [1.82, 2.24) is 4.90 Å². The molecule has 1 atom stereocenters. The van der Waals surface area contributed by atoms with Crippen molar-refractivity contribution in [2.45, 2.75) is 33.3 Å². The van der Waals surface area contributed by atoms with Gasteiger partial charge in [-0.1, -0.05) is 13.0 Å². The van der Waals surface area contributed by atoms with Crippen molar-refractivity contribution in [3.05, 3.63) is 12.3 Å². The Morgan fingerprint density at radius 2 is 2.18 bits per heavy atom. The van der Waals surface area contributed by atoms with Crippen LogP contribution >= 0.6 is 0 Å². The van der Waals surface area contributed by atoms with Crippen molar-refractivity contribution in [2.75, 3.05) is 13.8 Å². The van der Waals surface area contributed by atoms with Crippen LogP contribution in [0.2, 0.25) is 0 Å². The molecule has 0 radical (unpaired) electrons.